The molecule has 0 saturated heterocycles. The standard InChI is InChI=1S/C16H22N2O2S/c1-2-20-15(19)13-10-6-7-11-14(13)18-16(21)17-12-8-4-3-5-9-12/h3-5,8-9,13-14H,2,6-7,10-11H2,1H3,(H2,17,18,21)/t13-,14+/m0/s1. The first-order chi connectivity index (χ1) is 10.2. The summed E-state index contributed by atoms with van der Waals surface area (Å²) in [6.45, 7) is 2.26. The van der Waals surface area contributed by atoms with E-state index in [1.807, 2.05) is 37.3 Å². The normalized spacial score (nSPS) is 21.4. The van der Waals surface area contributed by atoms with Crippen molar-refractivity contribution >= 4 is 29.0 Å². The van der Waals surface area contributed by atoms with Gasteiger partial charge in [0.15, 0.2) is 5.11 Å². The van der Waals surface area contributed by atoms with E-state index in [0.717, 1.165) is 31.4 Å². The minimum Gasteiger partial charge on any atom is -0.466 e. The molecule has 21 heavy (non-hydrogen) atoms. The predicted octanol–water partition coefficient (Wildman–Crippen LogP) is 3.09. The molecule has 0 heterocycles. The van der Waals surface area contributed by atoms with Crippen LogP contribution in [0.5, 0.6) is 0 Å². The second kappa shape index (κ2) is 7.98. The second-order valence-electron chi connectivity index (χ2n) is 5.21. The van der Waals surface area contributed by atoms with Gasteiger partial charge < -0.3 is 15.4 Å². The number of hydrogen-bond donors (Lipinski definition) is 2. The molecule has 0 bridgehead atoms. The van der Waals surface area contributed by atoms with Crippen LogP contribution in [-0.2, 0) is 9.53 Å². The van der Waals surface area contributed by atoms with E-state index in [0.29, 0.717) is 11.7 Å². The van der Waals surface area contributed by atoms with Gasteiger partial charge in [-0.3, -0.25) is 4.79 Å². The number of carbonyl (C=O) groups excluding carboxylic acids is 1. The summed E-state index contributed by atoms with van der Waals surface area (Å²) in [5.74, 6) is -0.216. The lowest BCUT2D eigenvalue weighted by molar-refractivity contribution is -0.149. The van der Waals surface area contributed by atoms with Crippen LogP contribution < -0.4 is 10.6 Å². The minimum absolute atomic E-state index is 0.0570. The van der Waals surface area contributed by atoms with Crippen molar-refractivity contribution in [1.82, 2.24) is 5.32 Å². The zero-order valence-electron chi connectivity index (χ0n) is 12.3. The van der Waals surface area contributed by atoms with E-state index >= 15 is 0 Å². The first-order valence-electron chi connectivity index (χ1n) is 7.50. The lowest BCUT2D eigenvalue weighted by Crippen LogP contribution is -2.47. The summed E-state index contributed by atoms with van der Waals surface area (Å²) in [6.07, 6.45) is 3.99. The highest BCUT2D eigenvalue weighted by molar-refractivity contribution is 7.80. The smallest absolute Gasteiger partial charge is 0.311 e. The van der Waals surface area contributed by atoms with Crippen LogP contribution in [0.2, 0.25) is 0 Å². The highest BCUT2D eigenvalue weighted by Crippen LogP contribution is 2.25. The van der Waals surface area contributed by atoms with Gasteiger partial charge in [0.2, 0.25) is 0 Å². The zero-order valence-corrected chi connectivity index (χ0v) is 13.1. The Morgan fingerprint density at radius 1 is 1.29 bits per heavy atom. The van der Waals surface area contributed by atoms with Crippen LogP contribution in [0.4, 0.5) is 5.69 Å². The van der Waals surface area contributed by atoms with E-state index in [1.54, 1.807) is 0 Å². The lowest BCUT2D eigenvalue weighted by Gasteiger charge is -2.31. The van der Waals surface area contributed by atoms with E-state index in [-0.39, 0.29) is 17.9 Å². The molecule has 0 amide bonds. The molecule has 4 nitrogen and oxygen atoms in total. The van der Waals surface area contributed by atoms with Crippen LogP contribution in [0.3, 0.4) is 0 Å². The molecule has 1 aromatic rings. The van der Waals surface area contributed by atoms with Crippen molar-refractivity contribution in [3.63, 3.8) is 0 Å². The number of benzene rings is 1. The maximum Gasteiger partial charge on any atom is 0.311 e. The molecule has 2 rings (SSSR count). The van der Waals surface area contributed by atoms with Gasteiger partial charge in [0.1, 0.15) is 0 Å². The molecule has 0 radical (unpaired) electrons. The van der Waals surface area contributed by atoms with Crippen LogP contribution in [0.25, 0.3) is 0 Å². The third-order valence-electron chi connectivity index (χ3n) is 3.70. The Bertz CT molecular complexity index is 478. The number of anilines is 1. The summed E-state index contributed by atoms with van der Waals surface area (Å²) in [5.41, 5.74) is 0.943. The molecule has 1 aliphatic rings. The van der Waals surface area contributed by atoms with Gasteiger partial charge in [-0.1, -0.05) is 31.0 Å². The Kier molecular flexibility index (Phi) is 5.99. The molecular formula is C16H22N2O2S. The second-order valence-corrected chi connectivity index (χ2v) is 5.62. The minimum atomic E-state index is -0.114. The quantitative estimate of drug-likeness (QED) is 0.661. The number of ether oxygens (including phenoxy) is 1. The molecule has 0 spiro atoms. The summed E-state index contributed by atoms with van der Waals surface area (Å²) >= 11 is 5.35. The molecule has 5 heteroatoms. The van der Waals surface area contributed by atoms with E-state index in [9.17, 15) is 4.79 Å². The Hall–Kier alpha value is -1.62. The molecule has 1 fully saturated rings. The Balaban J connectivity index is 1.92. The van der Waals surface area contributed by atoms with Gasteiger partial charge in [0.25, 0.3) is 0 Å². The first-order valence-corrected chi connectivity index (χ1v) is 7.90. The van der Waals surface area contributed by atoms with Crippen molar-refractivity contribution in [2.45, 2.75) is 38.6 Å². The van der Waals surface area contributed by atoms with Crippen molar-refractivity contribution < 1.29 is 9.53 Å². The third-order valence-corrected chi connectivity index (χ3v) is 3.92. The molecule has 114 valence electrons. The average Bonchev–Trinajstić information content (AvgIpc) is 2.49. The van der Waals surface area contributed by atoms with Crippen LogP contribution in [0, 0.1) is 5.92 Å². The van der Waals surface area contributed by atoms with Crippen molar-refractivity contribution in [1.29, 1.82) is 0 Å². The predicted molar refractivity (Wildman–Crippen MR) is 88.2 cm³/mol. The maximum atomic E-state index is 12.0. The van der Waals surface area contributed by atoms with Crippen LogP contribution in [0.1, 0.15) is 32.6 Å². The van der Waals surface area contributed by atoms with Gasteiger partial charge in [-0.25, -0.2) is 0 Å². The highest BCUT2D eigenvalue weighted by atomic mass is 32.1. The number of esters is 1. The largest absolute Gasteiger partial charge is 0.466 e. The van der Waals surface area contributed by atoms with E-state index < -0.39 is 0 Å². The molecule has 2 atom stereocenters. The fourth-order valence-electron chi connectivity index (χ4n) is 2.69. The molecule has 0 aliphatic heterocycles. The van der Waals surface area contributed by atoms with Gasteiger partial charge in [-0.05, 0) is 44.1 Å². The van der Waals surface area contributed by atoms with E-state index in [1.165, 1.54) is 0 Å². The lowest BCUT2D eigenvalue weighted by atomic mass is 9.84. The molecule has 1 aliphatic carbocycles. The molecule has 2 N–H and O–H groups in total. The van der Waals surface area contributed by atoms with E-state index in [2.05, 4.69) is 10.6 Å². The van der Waals surface area contributed by atoms with Crippen LogP contribution in [-0.4, -0.2) is 23.7 Å². The zero-order chi connectivity index (χ0) is 15.1. The number of para-hydroxylation sites is 1. The molecule has 1 aromatic carbocycles. The SMILES string of the molecule is CCOC(=O)[C@H]1CCCC[C@H]1NC(=S)Nc1ccccc1. The molecule has 0 aromatic heterocycles. The van der Waals surface area contributed by atoms with Crippen molar-refractivity contribution in [3.05, 3.63) is 30.3 Å². The summed E-state index contributed by atoms with van der Waals surface area (Å²) in [5, 5.41) is 6.98. The van der Waals surface area contributed by atoms with Crippen LogP contribution in [0.15, 0.2) is 30.3 Å². The number of carbonyl (C=O) groups is 1. The topological polar surface area (TPSA) is 50.4 Å². The summed E-state index contributed by atoms with van der Waals surface area (Å²) in [6, 6.07) is 9.83. The highest BCUT2D eigenvalue weighted by Gasteiger charge is 2.32. The monoisotopic (exact) mass is 306 g/mol. The summed E-state index contributed by atoms with van der Waals surface area (Å²) in [4.78, 5) is 12.0. The molecule has 0 unspecified atom stereocenters. The van der Waals surface area contributed by atoms with Crippen molar-refractivity contribution in [2.24, 2.45) is 5.92 Å². The number of nitrogens with one attached hydrogen (secondary N) is 2. The molecular weight excluding hydrogens is 284 g/mol. The van der Waals surface area contributed by atoms with E-state index in [4.69, 9.17) is 17.0 Å². The van der Waals surface area contributed by atoms with Gasteiger partial charge in [0.05, 0.1) is 12.5 Å². The third kappa shape index (κ3) is 4.70. The van der Waals surface area contributed by atoms with Gasteiger partial charge >= 0.3 is 5.97 Å². The number of rotatable bonds is 4. The van der Waals surface area contributed by atoms with Gasteiger partial charge in [-0.2, -0.15) is 0 Å². The number of thiocarbonyl (C=S) groups is 1. The number of hydrogen-bond acceptors (Lipinski definition) is 3. The molecule has 1 saturated carbocycles. The van der Waals surface area contributed by atoms with Gasteiger partial charge in [0, 0.05) is 11.7 Å². The van der Waals surface area contributed by atoms with Crippen LogP contribution >= 0.6 is 12.2 Å². The Morgan fingerprint density at radius 3 is 2.71 bits per heavy atom. The first kappa shape index (κ1) is 15.8. The maximum absolute atomic E-state index is 12.0. The summed E-state index contributed by atoms with van der Waals surface area (Å²) < 4.78 is 5.17. The summed E-state index contributed by atoms with van der Waals surface area (Å²) in [7, 11) is 0. The van der Waals surface area contributed by atoms with Crippen molar-refractivity contribution in [2.75, 3.05) is 11.9 Å². The average molecular weight is 306 g/mol. The Labute approximate surface area is 131 Å². The van der Waals surface area contributed by atoms with Crippen molar-refractivity contribution in [3.8, 4) is 0 Å². The van der Waals surface area contributed by atoms with Gasteiger partial charge in [-0.15, -0.1) is 0 Å². The Morgan fingerprint density at radius 2 is 2.00 bits per heavy atom. The fourth-order valence-corrected chi connectivity index (χ4v) is 2.96. The fraction of sp³-hybridized carbons (Fsp3) is 0.500.